The SMILES string of the molecule is CON(CC1=C(c2ccc(Cl)cc2)S(=O)(=O)NC1(C)C)C(=O)[C@@H](COCc1ccccc1)NC(=O)C(C)(C)N. The predicted molar refractivity (Wildman–Crippen MR) is 150 cm³/mol. The van der Waals surface area contributed by atoms with Crippen molar-refractivity contribution in [3.8, 4) is 0 Å². The number of sulfonamides is 1. The molecule has 0 unspecified atom stereocenters. The molecule has 1 atom stereocenters. The first-order valence-electron chi connectivity index (χ1n) is 12.3. The van der Waals surface area contributed by atoms with Crippen molar-refractivity contribution < 1.29 is 27.6 Å². The smallest absolute Gasteiger partial charge is 0.271 e. The van der Waals surface area contributed by atoms with Crippen molar-refractivity contribution in [2.75, 3.05) is 20.3 Å². The average molecular weight is 579 g/mol. The fourth-order valence-electron chi connectivity index (χ4n) is 4.03. The van der Waals surface area contributed by atoms with Crippen LogP contribution in [0.2, 0.25) is 5.02 Å². The van der Waals surface area contributed by atoms with Gasteiger partial charge in [0.15, 0.2) is 0 Å². The van der Waals surface area contributed by atoms with E-state index in [2.05, 4.69) is 10.0 Å². The van der Waals surface area contributed by atoms with E-state index < -0.39 is 39.0 Å². The fraction of sp³-hybridized carbons (Fsp3) is 0.407. The van der Waals surface area contributed by atoms with E-state index in [-0.39, 0.29) is 24.7 Å². The molecule has 0 fully saturated rings. The molecule has 2 aromatic carbocycles. The number of nitrogens with one attached hydrogen (secondary N) is 2. The number of amides is 2. The van der Waals surface area contributed by atoms with Gasteiger partial charge in [0.05, 0.1) is 42.9 Å². The maximum Gasteiger partial charge on any atom is 0.271 e. The van der Waals surface area contributed by atoms with Crippen LogP contribution in [0.3, 0.4) is 0 Å². The summed E-state index contributed by atoms with van der Waals surface area (Å²) in [4.78, 5) is 31.8. The van der Waals surface area contributed by atoms with E-state index in [1.54, 1.807) is 38.1 Å². The Morgan fingerprint density at radius 2 is 1.74 bits per heavy atom. The molecule has 0 bridgehead atoms. The molecule has 12 heteroatoms. The Balaban J connectivity index is 1.92. The van der Waals surface area contributed by atoms with E-state index in [0.717, 1.165) is 10.6 Å². The van der Waals surface area contributed by atoms with Crippen LogP contribution in [0.1, 0.15) is 38.8 Å². The van der Waals surface area contributed by atoms with Gasteiger partial charge in [0, 0.05) is 5.02 Å². The van der Waals surface area contributed by atoms with Gasteiger partial charge in [-0.15, -0.1) is 0 Å². The monoisotopic (exact) mass is 578 g/mol. The highest BCUT2D eigenvalue weighted by Gasteiger charge is 2.44. The van der Waals surface area contributed by atoms with Gasteiger partial charge in [0.2, 0.25) is 15.9 Å². The highest BCUT2D eigenvalue weighted by Crippen LogP contribution is 2.38. The molecule has 0 spiro atoms. The molecule has 1 heterocycles. The number of nitrogens with zero attached hydrogens (tertiary/aromatic N) is 1. The number of hydrogen-bond donors (Lipinski definition) is 3. The molecular formula is C27H35ClN4O6S. The molecule has 212 valence electrons. The van der Waals surface area contributed by atoms with Crippen LogP contribution in [-0.2, 0) is 35.8 Å². The molecule has 0 radical (unpaired) electrons. The molecule has 0 aliphatic carbocycles. The third-order valence-corrected chi connectivity index (χ3v) is 8.20. The van der Waals surface area contributed by atoms with Crippen molar-refractivity contribution in [2.45, 2.75) is 51.4 Å². The van der Waals surface area contributed by atoms with Gasteiger partial charge in [-0.25, -0.2) is 18.2 Å². The topological polar surface area (TPSA) is 140 Å². The summed E-state index contributed by atoms with van der Waals surface area (Å²) < 4.78 is 34.7. The van der Waals surface area contributed by atoms with E-state index >= 15 is 0 Å². The third kappa shape index (κ3) is 7.65. The molecule has 39 heavy (non-hydrogen) atoms. The summed E-state index contributed by atoms with van der Waals surface area (Å²) >= 11 is 6.01. The van der Waals surface area contributed by atoms with Gasteiger partial charge >= 0.3 is 0 Å². The number of ether oxygens (including phenoxy) is 1. The van der Waals surface area contributed by atoms with Crippen LogP contribution in [0.4, 0.5) is 0 Å². The minimum Gasteiger partial charge on any atom is -0.374 e. The van der Waals surface area contributed by atoms with Gasteiger partial charge in [-0.2, -0.15) is 0 Å². The summed E-state index contributed by atoms with van der Waals surface area (Å²) in [7, 11) is -2.62. The summed E-state index contributed by atoms with van der Waals surface area (Å²) in [6.07, 6.45) is 0. The van der Waals surface area contributed by atoms with Crippen LogP contribution in [-0.4, -0.2) is 62.7 Å². The van der Waals surface area contributed by atoms with Gasteiger partial charge in [-0.05, 0) is 56.5 Å². The first-order chi connectivity index (χ1) is 18.2. The highest BCUT2D eigenvalue weighted by atomic mass is 35.5. The molecule has 4 N–H and O–H groups in total. The largest absolute Gasteiger partial charge is 0.374 e. The number of nitrogens with two attached hydrogens (primary N) is 1. The van der Waals surface area contributed by atoms with E-state index in [1.807, 2.05) is 30.3 Å². The maximum atomic E-state index is 13.7. The zero-order valence-electron chi connectivity index (χ0n) is 22.7. The lowest BCUT2D eigenvalue weighted by Crippen LogP contribution is -2.58. The molecule has 3 rings (SSSR count). The summed E-state index contributed by atoms with van der Waals surface area (Å²) in [6, 6.07) is 14.6. The number of halogens is 1. The molecule has 1 aliphatic rings. The Labute approximate surface area is 234 Å². The lowest BCUT2D eigenvalue weighted by molar-refractivity contribution is -0.178. The maximum absolute atomic E-state index is 13.7. The molecule has 10 nitrogen and oxygen atoms in total. The molecule has 0 saturated heterocycles. The molecular weight excluding hydrogens is 544 g/mol. The summed E-state index contributed by atoms with van der Waals surface area (Å²) in [5.41, 5.74) is 5.35. The van der Waals surface area contributed by atoms with Crippen LogP contribution in [0.25, 0.3) is 4.91 Å². The van der Waals surface area contributed by atoms with Gasteiger partial charge in [0.25, 0.3) is 5.91 Å². The molecule has 1 aliphatic heterocycles. The Morgan fingerprint density at radius 3 is 2.31 bits per heavy atom. The van der Waals surface area contributed by atoms with Crippen LogP contribution in [0.5, 0.6) is 0 Å². The summed E-state index contributed by atoms with van der Waals surface area (Å²) in [5, 5.41) is 4.11. The van der Waals surface area contributed by atoms with Crippen molar-refractivity contribution in [2.24, 2.45) is 5.73 Å². The molecule has 2 aromatic rings. The van der Waals surface area contributed by atoms with Crippen molar-refractivity contribution >= 4 is 38.3 Å². The third-order valence-electron chi connectivity index (χ3n) is 6.15. The second kappa shape index (κ2) is 12.2. The minimum absolute atomic E-state index is 0.0306. The first-order valence-corrected chi connectivity index (χ1v) is 14.1. The zero-order valence-corrected chi connectivity index (χ0v) is 24.2. The van der Waals surface area contributed by atoms with Crippen LogP contribution in [0, 0.1) is 0 Å². The lowest BCUT2D eigenvalue weighted by Gasteiger charge is -2.31. The second-order valence-corrected chi connectivity index (χ2v) is 12.4. The van der Waals surface area contributed by atoms with Crippen molar-refractivity contribution in [1.29, 1.82) is 0 Å². The normalized spacial score (nSPS) is 17.1. The van der Waals surface area contributed by atoms with Crippen LogP contribution >= 0.6 is 11.6 Å². The van der Waals surface area contributed by atoms with Gasteiger partial charge in [-0.1, -0.05) is 54.1 Å². The molecule has 2 amide bonds. The Morgan fingerprint density at radius 1 is 1.13 bits per heavy atom. The van der Waals surface area contributed by atoms with Gasteiger partial charge in [-0.3, -0.25) is 14.4 Å². The first kappa shape index (κ1) is 30.7. The summed E-state index contributed by atoms with van der Waals surface area (Å²) in [5.74, 6) is -1.20. The second-order valence-electron chi connectivity index (χ2n) is 10.4. The number of hydrogen-bond acceptors (Lipinski definition) is 7. The van der Waals surface area contributed by atoms with Crippen molar-refractivity contribution in [3.63, 3.8) is 0 Å². The fourth-order valence-corrected chi connectivity index (χ4v) is 6.15. The Kier molecular flexibility index (Phi) is 9.58. The Bertz CT molecular complexity index is 1320. The standard InChI is InChI=1S/C27H35ClN4O6S/c1-26(2,29)25(34)30-22(17-38-16-18-9-7-6-8-10-18)24(33)32(37-5)15-21-23(19-11-13-20(28)14-12-19)39(35,36)31-27(21,3)4/h6-14,22,31H,15-17,29H2,1-5H3,(H,30,34)/t22-/m1/s1. The van der Waals surface area contributed by atoms with Crippen molar-refractivity contribution in [3.05, 3.63) is 76.3 Å². The van der Waals surface area contributed by atoms with Crippen LogP contribution in [0.15, 0.2) is 60.2 Å². The highest BCUT2D eigenvalue weighted by molar-refractivity contribution is 7.99. The van der Waals surface area contributed by atoms with E-state index in [9.17, 15) is 18.0 Å². The lowest BCUT2D eigenvalue weighted by atomic mass is 9.92. The number of rotatable bonds is 11. The van der Waals surface area contributed by atoms with Crippen LogP contribution < -0.4 is 15.8 Å². The predicted octanol–water partition coefficient (Wildman–Crippen LogP) is 2.59. The van der Waals surface area contributed by atoms with E-state index in [0.29, 0.717) is 16.2 Å². The van der Waals surface area contributed by atoms with E-state index in [1.165, 1.54) is 21.0 Å². The number of carbonyl (C=O) groups is 2. The summed E-state index contributed by atoms with van der Waals surface area (Å²) in [6.45, 7) is 6.26. The van der Waals surface area contributed by atoms with E-state index in [4.69, 9.17) is 26.9 Å². The Hall–Kier alpha value is -2.80. The molecule has 0 aromatic heterocycles. The minimum atomic E-state index is -3.91. The number of carbonyl (C=O) groups excluding carboxylic acids is 2. The molecule has 0 saturated carbocycles. The number of benzene rings is 2. The average Bonchev–Trinajstić information content (AvgIpc) is 3.04. The van der Waals surface area contributed by atoms with Crippen molar-refractivity contribution in [1.82, 2.24) is 15.1 Å². The zero-order chi connectivity index (χ0) is 29.0. The number of hydroxylamine groups is 2. The quantitative estimate of drug-likeness (QED) is 0.348. The van der Waals surface area contributed by atoms with Gasteiger partial charge < -0.3 is 15.8 Å². The van der Waals surface area contributed by atoms with Gasteiger partial charge in [0.1, 0.15) is 6.04 Å².